The van der Waals surface area contributed by atoms with Crippen LogP contribution in [0.25, 0.3) is 0 Å². The first-order chi connectivity index (χ1) is 6.13. The van der Waals surface area contributed by atoms with Crippen molar-refractivity contribution in [2.45, 2.75) is 5.75 Å². The summed E-state index contributed by atoms with van der Waals surface area (Å²) >= 11 is -2.31. The molecule has 0 spiro atoms. The van der Waals surface area contributed by atoms with Gasteiger partial charge in [0.25, 0.3) is 0 Å². The molecule has 1 aromatic rings. The van der Waals surface area contributed by atoms with Gasteiger partial charge in [0.15, 0.2) is 0 Å². The van der Waals surface area contributed by atoms with Gasteiger partial charge in [-0.15, -0.1) is 0 Å². The monoisotopic (exact) mass is 221 g/mol. The average molecular weight is 221 g/mol. The topological polar surface area (TPSA) is 63.9 Å². The number of hydrogen-bond donors (Lipinski definition) is 0. The summed E-state index contributed by atoms with van der Waals surface area (Å²) < 4.78 is 33.5. The molecule has 68 valence electrons. The van der Waals surface area contributed by atoms with E-state index in [4.69, 9.17) is 5.26 Å². The minimum atomic E-state index is -2.31. The van der Waals surface area contributed by atoms with Gasteiger partial charge in [-0.1, -0.05) is 17.1 Å². The van der Waals surface area contributed by atoms with Crippen LogP contribution in [0.1, 0.15) is 11.1 Å². The molecule has 0 saturated heterocycles. The Morgan fingerprint density at radius 2 is 2.21 bits per heavy atom. The number of halogens is 1. The van der Waals surface area contributed by atoms with Gasteiger partial charge in [0, 0.05) is 5.75 Å². The molecule has 0 heterocycles. The van der Waals surface area contributed by atoms with Crippen molar-refractivity contribution < 1.29 is 42.7 Å². The molecule has 0 aliphatic carbocycles. The van der Waals surface area contributed by atoms with Crippen LogP contribution in [-0.4, -0.2) is 8.76 Å². The summed E-state index contributed by atoms with van der Waals surface area (Å²) in [5, 5.41) is 8.40. The van der Waals surface area contributed by atoms with Crippen molar-refractivity contribution in [3.05, 3.63) is 35.1 Å². The number of nitrogens with zero attached hydrogens (tertiary/aromatic N) is 1. The Bertz CT molecular complexity index is 391. The van der Waals surface area contributed by atoms with Crippen LogP contribution in [0.4, 0.5) is 4.39 Å². The van der Waals surface area contributed by atoms with Crippen LogP contribution < -0.4 is 29.6 Å². The fraction of sp³-hybridized carbons (Fsp3) is 0.125. The van der Waals surface area contributed by atoms with Crippen molar-refractivity contribution in [2.75, 3.05) is 0 Å². The van der Waals surface area contributed by atoms with Gasteiger partial charge in [-0.05, 0) is 17.7 Å². The largest absolute Gasteiger partial charge is 1.00 e. The zero-order valence-corrected chi connectivity index (χ0v) is 10.3. The van der Waals surface area contributed by atoms with Gasteiger partial charge in [0.05, 0.1) is 11.6 Å². The van der Waals surface area contributed by atoms with Gasteiger partial charge in [0.2, 0.25) is 0 Å². The Morgan fingerprint density at radius 3 is 2.64 bits per heavy atom. The Kier molecular flexibility index (Phi) is 6.16. The Hall–Kier alpha value is -0.250. The first-order valence-corrected chi connectivity index (χ1v) is 4.62. The molecule has 6 heteroatoms. The first-order valence-electron chi connectivity index (χ1n) is 3.38. The van der Waals surface area contributed by atoms with Crippen LogP contribution in [0.3, 0.4) is 0 Å². The second-order valence-corrected chi connectivity index (χ2v) is 3.26. The summed E-state index contributed by atoms with van der Waals surface area (Å²) in [6, 6.07) is 5.45. The number of rotatable bonds is 2. The van der Waals surface area contributed by atoms with Gasteiger partial charge in [-0.3, -0.25) is 4.21 Å². The summed E-state index contributed by atoms with van der Waals surface area (Å²) in [5.41, 5.74) is 0.255. The van der Waals surface area contributed by atoms with Crippen molar-refractivity contribution in [1.82, 2.24) is 0 Å². The molecular weight excluding hydrogens is 216 g/mol. The second-order valence-electron chi connectivity index (χ2n) is 2.37. The van der Waals surface area contributed by atoms with E-state index in [1.54, 1.807) is 6.07 Å². The molecule has 3 nitrogen and oxygen atoms in total. The fourth-order valence-corrected chi connectivity index (χ4v) is 1.35. The molecule has 1 aromatic carbocycles. The maximum Gasteiger partial charge on any atom is 1.00 e. The zero-order valence-electron chi connectivity index (χ0n) is 7.49. The van der Waals surface area contributed by atoms with Gasteiger partial charge in [-0.2, -0.15) is 5.26 Å². The summed E-state index contributed by atoms with van der Waals surface area (Å²) in [5.74, 6) is -1.03. The average Bonchev–Trinajstić information content (AvgIpc) is 2.08. The summed E-state index contributed by atoms with van der Waals surface area (Å²) in [6.45, 7) is 0. The third-order valence-corrected chi connectivity index (χ3v) is 2.00. The predicted octanol–water partition coefficient (Wildman–Crippen LogP) is -1.92. The molecule has 0 aliphatic rings. The SMILES string of the molecule is N#Cc1ccc(CS(=O)[O-])c(F)c1.[Na+]. The van der Waals surface area contributed by atoms with E-state index in [1.807, 2.05) is 0 Å². The van der Waals surface area contributed by atoms with Crippen molar-refractivity contribution in [3.63, 3.8) is 0 Å². The molecule has 1 rings (SSSR count). The van der Waals surface area contributed by atoms with E-state index >= 15 is 0 Å². The van der Waals surface area contributed by atoms with Crippen LogP contribution in [0.15, 0.2) is 18.2 Å². The summed E-state index contributed by atoms with van der Waals surface area (Å²) in [6.07, 6.45) is 0. The fourth-order valence-electron chi connectivity index (χ4n) is 0.861. The standard InChI is InChI=1S/C8H6FNO2S.Na/c9-8-3-6(4-10)1-2-7(8)5-13(11)12;/h1-3H,5H2,(H,11,12);/q;+1/p-1. The normalized spacial score (nSPS) is 11.2. The molecule has 0 saturated carbocycles. The van der Waals surface area contributed by atoms with Crippen molar-refractivity contribution in [2.24, 2.45) is 0 Å². The predicted molar refractivity (Wildman–Crippen MR) is 43.7 cm³/mol. The molecule has 0 radical (unpaired) electrons. The number of nitriles is 1. The quantitative estimate of drug-likeness (QED) is 0.432. The van der Waals surface area contributed by atoms with E-state index in [0.717, 1.165) is 6.07 Å². The molecule has 0 aromatic heterocycles. The first kappa shape index (κ1) is 13.8. The van der Waals surface area contributed by atoms with Gasteiger partial charge >= 0.3 is 29.6 Å². The van der Waals surface area contributed by atoms with Gasteiger partial charge in [0.1, 0.15) is 5.82 Å². The van der Waals surface area contributed by atoms with E-state index in [-0.39, 0.29) is 46.4 Å². The Labute approximate surface area is 106 Å². The number of hydrogen-bond acceptors (Lipinski definition) is 3. The molecule has 1 atom stereocenters. The maximum atomic E-state index is 13.0. The minimum absolute atomic E-state index is 0. The van der Waals surface area contributed by atoms with E-state index in [9.17, 15) is 13.2 Å². The third-order valence-electron chi connectivity index (χ3n) is 1.46. The molecule has 0 aliphatic heterocycles. The van der Waals surface area contributed by atoms with E-state index < -0.39 is 16.9 Å². The number of benzene rings is 1. The molecule has 0 N–H and O–H groups in total. The molecule has 0 amide bonds. The van der Waals surface area contributed by atoms with E-state index in [1.165, 1.54) is 12.1 Å². The van der Waals surface area contributed by atoms with Crippen LogP contribution >= 0.6 is 0 Å². The Balaban J connectivity index is 0.00000169. The van der Waals surface area contributed by atoms with Gasteiger partial charge in [-0.25, -0.2) is 4.39 Å². The van der Waals surface area contributed by atoms with Crippen LogP contribution in [-0.2, 0) is 16.8 Å². The van der Waals surface area contributed by atoms with Crippen molar-refractivity contribution in [1.29, 1.82) is 5.26 Å². The van der Waals surface area contributed by atoms with Gasteiger partial charge < -0.3 is 4.55 Å². The zero-order chi connectivity index (χ0) is 9.84. The Morgan fingerprint density at radius 1 is 1.57 bits per heavy atom. The molecular formula is C8H5FNNaO2S. The van der Waals surface area contributed by atoms with Crippen LogP contribution in [0.2, 0.25) is 0 Å². The third kappa shape index (κ3) is 3.86. The van der Waals surface area contributed by atoms with E-state index in [0.29, 0.717) is 0 Å². The van der Waals surface area contributed by atoms with Crippen molar-refractivity contribution in [3.8, 4) is 6.07 Å². The summed E-state index contributed by atoms with van der Waals surface area (Å²) in [4.78, 5) is 0. The molecule has 0 fully saturated rings. The molecule has 14 heavy (non-hydrogen) atoms. The molecule has 1 unspecified atom stereocenters. The van der Waals surface area contributed by atoms with E-state index in [2.05, 4.69) is 0 Å². The van der Waals surface area contributed by atoms with Crippen LogP contribution in [0, 0.1) is 17.1 Å². The minimum Gasteiger partial charge on any atom is -0.772 e. The second kappa shape index (κ2) is 6.27. The maximum absolute atomic E-state index is 13.0. The van der Waals surface area contributed by atoms with Crippen molar-refractivity contribution >= 4 is 11.1 Å². The summed E-state index contributed by atoms with van der Waals surface area (Å²) in [7, 11) is 0. The van der Waals surface area contributed by atoms with Crippen LogP contribution in [0.5, 0.6) is 0 Å². The molecule has 0 bridgehead atoms. The smallest absolute Gasteiger partial charge is 0.772 e.